The van der Waals surface area contributed by atoms with Crippen LogP contribution in [-0.2, 0) is 4.74 Å². The van der Waals surface area contributed by atoms with Gasteiger partial charge in [0.05, 0.1) is 23.5 Å². The van der Waals surface area contributed by atoms with Gasteiger partial charge in [-0.1, -0.05) is 12.1 Å². The van der Waals surface area contributed by atoms with Crippen molar-refractivity contribution in [3.05, 3.63) is 35.9 Å². The third kappa shape index (κ3) is 1.49. The number of anilines is 2. The van der Waals surface area contributed by atoms with Crippen molar-refractivity contribution in [1.82, 2.24) is 0 Å². The molecule has 4 heteroatoms. The molecular weight excluding hydrogens is 216 g/mol. The minimum atomic E-state index is -0.287. The predicted molar refractivity (Wildman–Crippen MR) is 67.1 cm³/mol. The van der Waals surface area contributed by atoms with Crippen LogP contribution in [0.1, 0.15) is 17.3 Å². The quantitative estimate of drug-likeness (QED) is 0.776. The Kier molecular flexibility index (Phi) is 2.14. The van der Waals surface area contributed by atoms with Crippen molar-refractivity contribution in [2.45, 2.75) is 6.92 Å². The molecular formula is C13H12N2O2. The molecule has 0 aromatic heterocycles. The number of esters is 1. The van der Waals surface area contributed by atoms with Crippen LogP contribution in [-0.4, -0.2) is 12.6 Å². The molecule has 0 bridgehead atoms. The van der Waals surface area contributed by atoms with Crippen molar-refractivity contribution in [3.63, 3.8) is 0 Å². The number of ether oxygens (including phenoxy) is 1. The highest BCUT2D eigenvalue weighted by Crippen LogP contribution is 2.36. The minimum Gasteiger partial charge on any atom is -0.462 e. The van der Waals surface area contributed by atoms with Gasteiger partial charge in [-0.3, -0.25) is 0 Å². The Morgan fingerprint density at radius 2 is 2.06 bits per heavy atom. The van der Waals surface area contributed by atoms with Crippen molar-refractivity contribution in [2.24, 2.45) is 0 Å². The normalized spacial score (nSPS) is 12.1. The zero-order chi connectivity index (χ0) is 11.8. The molecule has 0 fully saturated rings. The summed E-state index contributed by atoms with van der Waals surface area (Å²) in [7, 11) is 0. The van der Waals surface area contributed by atoms with Crippen LogP contribution in [0.5, 0.6) is 0 Å². The number of nitrogens with one attached hydrogen (secondary N) is 2. The molecule has 2 N–H and O–H groups in total. The molecule has 1 aliphatic rings. The minimum absolute atomic E-state index is 0.287. The molecule has 1 aliphatic heterocycles. The summed E-state index contributed by atoms with van der Waals surface area (Å²) < 4.78 is 5.01. The molecule has 0 saturated heterocycles. The fourth-order valence-electron chi connectivity index (χ4n) is 2.10. The average molecular weight is 228 g/mol. The Morgan fingerprint density at radius 1 is 1.24 bits per heavy atom. The topological polar surface area (TPSA) is 50.4 Å². The van der Waals surface area contributed by atoms with E-state index in [9.17, 15) is 4.79 Å². The summed E-state index contributed by atoms with van der Waals surface area (Å²) in [6.45, 7) is 2.19. The van der Waals surface area contributed by atoms with E-state index in [0.717, 1.165) is 22.1 Å². The van der Waals surface area contributed by atoms with Crippen molar-refractivity contribution in [3.8, 4) is 0 Å². The van der Waals surface area contributed by atoms with Crippen LogP contribution in [0.25, 0.3) is 10.8 Å². The Labute approximate surface area is 98.5 Å². The highest BCUT2D eigenvalue weighted by atomic mass is 16.5. The van der Waals surface area contributed by atoms with Gasteiger partial charge < -0.3 is 15.6 Å². The van der Waals surface area contributed by atoms with E-state index >= 15 is 0 Å². The van der Waals surface area contributed by atoms with E-state index in [-0.39, 0.29) is 5.97 Å². The monoisotopic (exact) mass is 228 g/mol. The Bertz CT molecular complexity index is 608. The lowest BCUT2D eigenvalue weighted by Crippen LogP contribution is -2.05. The lowest BCUT2D eigenvalue weighted by molar-refractivity contribution is 0.0526. The van der Waals surface area contributed by atoms with Crippen molar-refractivity contribution >= 4 is 28.1 Å². The summed E-state index contributed by atoms with van der Waals surface area (Å²) in [4.78, 5) is 11.7. The number of rotatable bonds is 2. The van der Waals surface area contributed by atoms with E-state index in [1.54, 1.807) is 6.92 Å². The van der Waals surface area contributed by atoms with E-state index in [1.165, 1.54) is 0 Å². The van der Waals surface area contributed by atoms with Gasteiger partial charge in [0, 0.05) is 5.39 Å². The van der Waals surface area contributed by atoms with Crippen LogP contribution in [0.2, 0.25) is 0 Å². The largest absolute Gasteiger partial charge is 0.462 e. The van der Waals surface area contributed by atoms with Gasteiger partial charge >= 0.3 is 5.97 Å². The second-order valence-corrected chi connectivity index (χ2v) is 3.90. The maximum Gasteiger partial charge on any atom is 0.338 e. The first kappa shape index (κ1) is 9.96. The molecule has 0 amide bonds. The SMILES string of the molecule is CCOC(=O)c1cc2c3c(cccc3c1)NN2. The molecule has 0 unspecified atom stereocenters. The maximum absolute atomic E-state index is 11.7. The fraction of sp³-hybridized carbons (Fsp3) is 0.154. The summed E-state index contributed by atoms with van der Waals surface area (Å²) in [5.41, 5.74) is 8.65. The molecule has 1 heterocycles. The standard InChI is InChI=1S/C13H12N2O2/c1-2-17-13(16)9-6-8-4-3-5-10-12(8)11(7-9)15-14-10/h3-7,14-15H,2H2,1H3. The molecule has 0 atom stereocenters. The lowest BCUT2D eigenvalue weighted by Gasteiger charge is -2.05. The third-order valence-corrected chi connectivity index (χ3v) is 2.82. The number of hydrogen-bond donors (Lipinski definition) is 2. The molecule has 17 heavy (non-hydrogen) atoms. The van der Waals surface area contributed by atoms with Gasteiger partial charge in [-0.05, 0) is 30.5 Å². The van der Waals surface area contributed by atoms with Crippen LogP contribution >= 0.6 is 0 Å². The summed E-state index contributed by atoms with van der Waals surface area (Å²) >= 11 is 0. The molecule has 2 aromatic rings. The van der Waals surface area contributed by atoms with Gasteiger partial charge in [0.25, 0.3) is 0 Å². The molecule has 2 aromatic carbocycles. The fourth-order valence-corrected chi connectivity index (χ4v) is 2.10. The van der Waals surface area contributed by atoms with Crippen LogP contribution in [0, 0.1) is 0 Å². The summed E-state index contributed by atoms with van der Waals surface area (Å²) in [5, 5.41) is 2.14. The molecule has 0 spiro atoms. The smallest absolute Gasteiger partial charge is 0.338 e. The van der Waals surface area contributed by atoms with Gasteiger partial charge in [0.15, 0.2) is 0 Å². The van der Waals surface area contributed by atoms with Gasteiger partial charge in [-0.2, -0.15) is 0 Å². The van der Waals surface area contributed by atoms with Crippen LogP contribution in [0.4, 0.5) is 11.4 Å². The molecule has 0 aliphatic carbocycles. The lowest BCUT2D eigenvalue weighted by atomic mass is 10.0. The Morgan fingerprint density at radius 3 is 2.88 bits per heavy atom. The van der Waals surface area contributed by atoms with Gasteiger partial charge in [-0.15, -0.1) is 0 Å². The van der Waals surface area contributed by atoms with E-state index in [1.807, 2.05) is 30.3 Å². The van der Waals surface area contributed by atoms with Crippen LogP contribution < -0.4 is 10.9 Å². The molecule has 4 nitrogen and oxygen atoms in total. The molecule has 0 saturated carbocycles. The second kappa shape index (κ2) is 3.66. The first-order valence-electron chi connectivity index (χ1n) is 5.55. The number of carbonyl (C=O) groups excluding carboxylic acids is 1. The molecule has 3 rings (SSSR count). The van der Waals surface area contributed by atoms with Gasteiger partial charge in [-0.25, -0.2) is 4.79 Å². The average Bonchev–Trinajstić information content (AvgIpc) is 2.75. The second-order valence-electron chi connectivity index (χ2n) is 3.90. The van der Waals surface area contributed by atoms with Crippen molar-refractivity contribution in [1.29, 1.82) is 0 Å². The van der Waals surface area contributed by atoms with E-state index in [2.05, 4.69) is 10.9 Å². The zero-order valence-corrected chi connectivity index (χ0v) is 9.41. The summed E-state index contributed by atoms with van der Waals surface area (Å²) in [6.07, 6.45) is 0. The van der Waals surface area contributed by atoms with Crippen molar-refractivity contribution < 1.29 is 9.53 Å². The first-order chi connectivity index (χ1) is 8.29. The Hall–Kier alpha value is -2.23. The van der Waals surface area contributed by atoms with Crippen LogP contribution in [0.3, 0.4) is 0 Å². The zero-order valence-electron chi connectivity index (χ0n) is 9.41. The predicted octanol–water partition coefficient (Wildman–Crippen LogP) is 2.77. The van der Waals surface area contributed by atoms with E-state index < -0.39 is 0 Å². The Balaban J connectivity index is 2.17. The third-order valence-electron chi connectivity index (χ3n) is 2.82. The number of hydrazine groups is 1. The first-order valence-corrected chi connectivity index (χ1v) is 5.55. The van der Waals surface area contributed by atoms with Gasteiger partial charge in [0.2, 0.25) is 0 Å². The van der Waals surface area contributed by atoms with E-state index in [4.69, 9.17) is 4.74 Å². The van der Waals surface area contributed by atoms with Crippen molar-refractivity contribution in [2.75, 3.05) is 17.5 Å². The maximum atomic E-state index is 11.7. The summed E-state index contributed by atoms with van der Waals surface area (Å²) in [5.74, 6) is -0.287. The molecule has 86 valence electrons. The van der Waals surface area contributed by atoms with E-state index in [0.29, 0.717) is 12.2 Å². The number of benzene rings is 2. The summed E-state index contributed by atoms with van der Waals surface area (Å²) in [6, 6.07) is 9.60. The highest BCUT2D eigenvalue weighted by molar-refractivity contribution is 6.10. The highest BCUT2D eigenvalue weighted by Gasteiger charge is 2.16. The van der Waals surface area contributed by atoms with Gasteiger partial charge in [0.1, 0.15) is 0 Å². The van der Waals surface area contributed by atoms with Crippen LogP contribution in [0.15, 0.2) is 30.3 Å². The molecule has 0 radical (unpaired) electrons. The number of hydrogen-bond acceptors (Lipinski definition) is 4. The number of carbonyl (C=O) groups is 1.